The molecule has 3 rings (SSSR count). The first kappa shape index (κ1) is 16.7. The molecule has 0 spiro atoms. The van der Waals surface area contributed by atoms with Gasteiger partial charge in [0, 0.05) is 26.6 Å². The Kier molecular flexibility index (Phi) is 5.43. The van der Waals surface area contributed by atoms with Gasteiger partial charge in [0.05, 0.1) is 0 Å². The van der Waals surface area contributed by atoms with Gasteiger partial charge in [0.1, 0.15) is 0 Å². The zero-order valence-corrected chi connectivity index (χ0v) is 17.1. The van der Waals surface area contributed by atoms with E-state index in [9.17, 15) is 0 Å². The Morgan fingerprint density at radius 3 is 2.59 bits per heavy atom. The lowest BCUT2D eigenvalue weighted by Gasteiger charge is -2.16. The van der Waals surface area contributed by atoms with E-state index in [4.69, 9.17) is 4.74 Å². The third-order valence-corrected chi connectivity index (χ3v) is 7.70. The van der Waals surface area contributed by atoms with Gasteiger partial charge in [-0.05, 0) is 102 Å². The van der Waals surface area contributed by atoms with Crippen LogP contribution in [0.3, 0.4) is 0 Å². The van der Waals surface area contributed by atoms with Crippen LogP contribution < -0.4 is 0 Å². The highest BCUT2D eigenvalue weighted by molar-refractivity contribution is 9.14. The SMILES string of the molecule is CCOCCCc1c(Br)c(Br)c(Br)c2c1-c1ccccc1C2. The van der Waals surface area contributed by atoms with Gasteiger partial charge in [-0.3, -0.25) is 0 Å². The van der Waals surface area contributed by atoms with Crippen molar-refractivity contribution < 1.29 is 4.74 Å². The Hall–Kier alpha value is -0.160. The summed E-state index contributed by atoms with van der Waals surface area (Å²) in [6, 6.07) is 8.72. The van der Waals surface area contributed by atoms with Crippen molar-refractivity contribution in [2.24, 2.45) is 0 Å². The van der Waals surface area contributed by atoms with E-state index in [1.54, 1.807) is 0 Å². The number of benzene rings is 2. The fraction of sp³-hybridized carbons (Fsp3) is 0.333. The minimum Gasteiger partial charge on any atom is -0.382 e. The van der Waals surface area contributed by atoms with Crippen LogP contribution >= 0.6 is 47.8 Å². The Labute approximate surface area is 156 Å². The first-order chi connectivity index (χ1) is 10.6. The first-order valence-corrected chi connectivity index (χ1v) is 9.87. The molecule has 0 bridgehead atoms. The van der Waals surface area contributed by atoms with E-state index < -0.39 is 0 Å². The molecule has 0 unspecified atom stereocenters. The van der Waals surface area contributed by atoms with Crippen molar-refractivity contribution >= 4 is 47.8 Å². The molecule has 0 aliphatic heterocycles. The molecule has 0 saturated carbocycles. The molecular formula is C18H17Br3O. The van der Waals surface area contributed by atoms with Crippen LogP contribution in [0.5, 0.6) is 0 Å². The van der Waals surface area contributed by atoms with E-state index in [-0.39, 0.29) is 0 Å². The third-order valence-electron chi connectivity index (χ3n) is 4.09. The Balaban J connectivity index is 2.07. The van der Waals surface area contributed by atoms with Gasteiger partial charge in [0.2, 0.25) is 0 Å². The molecule has 0 saturated heterocycles. The summed E-state index contributed by atoms with van der Waals surface area (Å²) in [5, 5.41) is 0. The van der Waals surface area contributed by atoms with Crippen molar-refractivity contribution in [1.82, 2.24) is 0 Å². The summed E-state index contributed by atoms with van der Waals surface area (Å²) in [4.78, 5) is 0. The van der Waals surface area contributed by atoms with Gasteiger partial charge in [-0.2, -0.15) is 0 Å². The second-order valence-electron chi connectivity index (χ2n) is 5.41. The molecule has 1 aliphatic carbocycles. The van der Waals surface area contributed by atoms with Crippen LogP contribution in [0.25, 0.3) is 11.1 Å². The van der Waals surface area contributed by atoms with E-state index in [1.165, 1.54) is 32.3 Å². The van der Waals surface area contributed by atoms with Crippen molar-refractivity contribution in [2.75, 3.05) is 13.2 Å². The molecule has 2 aromatic rings. The van der Waals surface area contributed by atoms with Crippen molar-refractivity contribution in [2.45, 2.75) is 26.2 Å². The maximum absolute atomic E-state index is 5.50. The van der Waals surface area contributed by atoms with E-state index in [0.717, 1.165) is 41.4 Å². The molecular weight excluding hydrogens is 472 g/mol. The van der Waals surface area contributed by atoms with Gasteiger partial charge in [0.25, 0.3) is 0 Å². The van der Waals surface area contributed by atoms with Crippen LogP contribution in [-0.4, -0.2) is 13.2 Å². The molecule has 0 N–H and O–H groups in total. The molecule has 1 aliphatic rings. The zero-order chi connectivity index (χ0) is 15.7. The van der Waals surface area contributed by atoms with Crippen LogP contribution in [0.2, 0.25) is 0 Å². The minimum absolute atomic E-state index is 0.784. The topological polar surface area (TPSA) is 9.23 Å². The summed E-state index contributed by atoms with van der Waals surface area (Å²) in [5.41, 5.74) is 6.96. The van der Waals surface area contributed by atoms with Gasteiger partial charge in [0.15, 0.2) is 0 Å². The molecule has 4 heteroatoms. The molecule has 0 heterocycles. The zero-order valence-electron chi connectivity index (χ0n) is 12.4. The van der Waals surface area contributed by atoms with Gasteiger partial charge >= 0.3 is 0 Å². The largest absolute Gasteiger partial charge is 0.382 e. The van der Waals surface area contributed by atoms with Crippen LogP contribution in [0.15, 0.2) is 37.7 Å². The maximum atomic E-state index is 5.50. The second kappa shape index (κ2) is 7.16. The minimum atomic E-state index is 0.784. The number of hydrogen-bond donors (Lipinski definition) is 0. The predicted octanol–water partition coefficient (Wildman–Crippen LogP) is 6.51. The predicted molar refractivity (Wildman–Crippen MR) is 103 cm³/mol. The lowest BCUT2D eigenvalue weighted by atomic mass is 9.96. The van der Waals surface area contributed by atoms with Gasteiger partial charge in [-0.25, -0.2) is 0 Å². The molecule has 1 nitrogen and oxygen atoms in total. The molecule has 0 aromatic heterocycles. The molecule has 0 amide bonds. The summed E-state index contributed by atoms with van der Waals surface area (Å²) in [6.07, 6.45) is 3.05. The average Bonchev–Trinajstić information content (AvgIpc) is 2.92. The van der Waals surface area contributed by atoms with E-state index in [2.05, 4.69) is 72.1 Å². The van der Waals surface area contributed by atoms with Crippen LogP contribution in [0.4, 0.5) is 0 Å². The van der Waals surface area contributed by atoms with Crippen LogP contribution in [0, 0.1) is 0 Å². The number of rotatable bonds is 5. The summed E-state index contributed by atoms with van der Waals surface area (Å²) < 4.78 is 8.94. The van der Waals surface area contributed by atoms with E-state index in [0.29, 0.717) is 0 Å². The summed E-state index contributed by atoms with van der Waals surface area (Å²) in [6.45, 7) is 3.64. The molecule has 0 radical (unpaired) electrons. The fourth-order valence-electron chi connectivity index (χ4n) is 3.09. The number of fused-ring (bicyclic) bond motifs is 3. The quantitative estimate of drug-likeness (QED) is 0.293. The molecule has 0 fully saturated rings. The van der Waals surface area contributed by atoms with Crippen LogP contribution in [0.1, 0.15) is 30.0 Å². The van der Waals surface area contributed by atoms with Gasteiger partial charge < -0.3 is 4.74 Å². The Morgan fingerprint density at radius 2 is 1.82 bits per heavy atom. The van der Waals surface area contributed by atoms with Gasteiger partial charge in [-0.1, -0.05) is 24.3 Å². The summed E-state index contributed by atoms with van der Waals surface area (Å²) in [5.74, 6) is 0. The highest BCUT2D eigenvalue weighted by atomic mass is 79.9. The molecule has 2 aromatic carbocycles. The van der Waals surface area contributed by atoms with Crippen molar-refractivity contribution in [3.05, 3.63) is 54.4 Å². The lowest BCUT2D eigenvalue weighted by molar-refractivity contribution is 0.145. The molecule has 22 heavy (non-hydrogen) atoms. The smallest absolute Gasteiger partial charge is 0.0469 e. The summed E-state index contributed by atoms with van der Waals surface area (Å²) in [7, 11) is 0. The first-order valence-electron chi connectivity index (χ1n) is 7.49. The highest BCUT2D eigenvalue weighted by Gasteiger charge is 2.27. The van der Waals surface area contributed by atoms with E-state index in [1.807, 2.05) is 6.92 Å². The number of halogens is 3. The van der Waals surface area contributed by atoms with Crippen molar-refractivity contribution in [3.63, 3.8) is 0 Å². The molecule has 0 atom stereocenters. The maximum Gasteiger partial charge on any atom is 0.0469 e. The lowest BCUT2D eigenvalue weighted by Crippen LogP contribution is -2.00. The number of hydrogen-bond acceptors (Lipinski definition) is 1. The molecule has 116 valence electrons. The van der Waals surface area contributed by atoms with Crippen molar-refractivity contribution in [3.8, 4) is 11.1 Å². The second-order valence-corrected chi connectivity index (χ2v) is 7.79. The summed E-state index contributed by atoms with van der Waals surface area (Å²) >= 11 is 11.3. The third kappa shape index (κ3) is 2.95. The Morgan fingerprint density at radius 1 is 1.05 bits per heavy atom. The Bertz CT molecular complexity index is 710. The van der Waals surface area contributed by atoms with Gasteiger partial charge in [-0.15, -0.1) is 0 Å². The normalized spacial score (nSPS) is 12.4. The average molecular weight is 489 g/mol. The highest BCUT2D eigenvalue weighted by Crippen LogP contribution is 2.49. The van der Waals surface area contributed by atoms with Crippen LogP contribution in [-0.2, 0) is 17.6 Å². The monoisotopic (exact) mass is 486 g/mol. The fourth-order valence-corrected chi connectivity index (χ4v) is 4.97. The standard InChI is InChI=1S/C18H17Br3O/c1-2-22-9-5-8-13-15-12-7-4-3-6-11(12)10-14(15)17(20)18(21)16(13)19/h3-4,6-7H,2,5,8-10H2,1H3. The van der Waals surface area contributed by atoms with E-state index >= 15 is 0 Å². The number of ether oxygens (including phenoxy) is 1. The van der Waals surface area contributed by atoms with Crippen molar-refractivity contribution in [1.29, 1.82) is 0 Å².